The zero-order chi connectivity index (χ0) is 12.8. The molecule has 0 aliphatic heterocycles. The van der Waals surface area contributed by atoms with E-state index in [0.29, 0.717) is 11.1 Å². The Morgan fingerprint density at radius 1 is 1.59 bits per heavy atom. The number of aromatic nitrogens is 2. The second-order valence-corrected chi connectivity index (χ2v) is 4.90. The predicted molar refractivity (Wildman–Crippen MR) is 62.0 cm³/mol. The van der Waals surface area contributed by atoms with Gasteiger partial charge in [-0.15, -0.1) is 0 Å². The molecule has 0 amide bonds. The van der Waals surface area contributed by atoms with Crippen LogP contribution in [0.3, 0.4) is 0 Å². The first-order chi connectivity index (χ1) is 7.83. The van der Waals surface area contributed by atoms with Crippen LogP contribution in [0.1, 0.15) is 25.0 Å². The van der Waals surface area contributed by atoms with Crippen molar-refractivity contribution >= 4 is 11.0 Å². The van der Waals surface area contributed by atoms with Gasteiger partial charge in [-0.05, 0) is 32.4 Å². The highest BCUT2D eigenvalue weighted by atomic mass is 19.1. The number of aliphatic hydroxyl groups is 1. The summed E-state index contributed by atoms with van der Waals surface area (Å²) in [5.41, 5.74) is 0.805. The number of H-pyrrole nitrogens is 1. The lowest BCUT2D eigenvalue weighted by Gasteiger charge is -2.25. The zero-order valence-corrected chi connectivity index (χ0v) is 10.0. The lowest BCUT2D eigenvalue weighted by molar-refractivity contribution is 0.0581. The molecule has 2 N–H and O–H groups in total. The number of hydrogen-bond acceptors (Lipinski definition) is 2. The molecule has 4 nitrogen and oxygen atoms in total. The van der Waals surface area contributed by atoms with Crippen LogP contribution in [0.15, 0.2) is 6.07 Å². The van der Waals surface area contributed by atoms with Gasteiger partial charge in [0.05, 0.1) is 17.7 Å². The van der Waals surface area contributed by atoms with E-state index in [4.69, 9.17) is 5.26 Å². The van der Waals surface area contributed by atoms with Crippen molar-refractivity contribution in [3.63, 3.8) is 0 Å². The molecule has 2 rings (SSSR count). The van der Waals surface area contributed by atoms with E-state index in [2.05, 4.69) is 5.10 Å². The average molecular weight is 235 g/mol. The number of aromatic amines is 1. The maximum atomic E-state index is 13.7. The van der Waals surface area contributed by atoms with E-state index < -0.39 is 11.4 Å². The molecule has 0 bridgehead atoms. The molecule has 0 unspecified atom stereocenters. The maximum absolute atomic E-state index is 13.7. The summed E-state index contributed by atoms with van der Waals surface area (Å²) >= 11 is 0. The maximum Gasteiger partial charge on any atom is 0.146 e. The molecule has 0 radical (unpaired) electrons. The van der Waals surface area contributed by atoms with Crippen LogP contribution in [0.5, 0.6) is 0 Å². The molecule has 1 aromatic heterocycles. The fourth-order valence-electron chi connectivity index (χ4n) is 1.91. The van der Waals surface area contributed by atoms with Gasteiger partial charge in [0.15, 0.2) is 0 Å². The molecule has 0 atom stereocenters. The van der Waals surface area contributed by atoms with Crippen molar-refractivity contribution in [3.8, 4) is 6.07 Å². The third-order valence-electron chi connectivity index (χ3n) is 2.60. The summed E-state index contributed by atoms with van der Waals surface area (Å²) in [6.45, 7) is 5.22. The molecule has 0 saturated carbocycles. The molecule has 0 spiro atoms. The highest BCUT2D eigenvalue weighted by Crippen LogP contribution is 2.26. The summed E-state index contributed by atoms with van der Waals surface area (Å²) in [7, 11) is 0. The van der Waals surface area contributed by atoms with Crippen molar-refractivity contribution in [2.45, 2.75) is 32.9 Å². The fraction of sp³-hybridized carbons (Fsp3) is 0.417. The molecule has 0 saturated heterocycles. The van der Waals surface area contributed by atoms with Gasteiger partial charge in [0.25, 0.3) is 0 Å². The first-order valence-electron chi connectivity index (χ1n) is 5.33. The second kappa shape index (κ2) is 3.60. The zero-order valence-electron chi connectivity index (χ0n) is 10.0. The van der Waals surface area contributed by atoms with E-state index in [1.54, 1.807) is 31.5 Å². The summed E-state index contributed by atoms with van der Waals surface area (Å²) in [5, 5.41) is 21.7. The number of aryl methyl sites for hydroxylation is 1. The number of rotatable bonds is 2. The summed E-state index contributed by atoms with van der Waals surface area (Å²) in [5.74, 6) is -0.492. The number of nitrogens with one attached hydrogen (secondary N) is 1. The van der Waals surface area contributed by atoms with Gasteiger partial charge >= 0.3 is 0 Å². The molecule has 17 heavy (non-hydrogen) atoms. The topological polar surface area (TPSA) is 64.7 Å². The third-order valence-corrected chi connectivity index (χ3v) is 2.60. The van der Waals surface area contributed by atoms with Crippen LogP contribution >= 0.6 is 0 Å². The number of halogens is 1. The van der Waals surface area contributed by atoms with Gasteiger partial charge in [-0.3, -0.25) is 9.78 Å². The van der Waals surface area contributed by atoms with Crippen molar-refractivity contribution in [1.82, 2.24) is 9.78 Å². The minimum atomic E-state index is -0.918. The standard InChI is InChI=1S/C12H14FN3O/c1-7-4-9-11(8(5-14)10(7)13)16(15-9)6-12(2,3)17/h4,15,17H,6H2,1-3H3. The minimum absolute atomic E-state index is 0.0306. The van der Waals surface area contributed by atoms with Gasteiger partial charge in [-0.1, -0.05) is 0 Å². The molecule has 1 heterocycles. The van der Waals surface area contributed by atoms with Gasteiger partial charge in [-0.2, -0.15) is 5.26 Å². The Bertz CT molecular complexity index is 610. The van der Waals surface area contributed by atoms with Crippen LogP contribution in [-0.4, -0.2) is 20.5 Å². The van der Waals surface area contributed by atoms with Crippen molar-refractivity contribution in [2.75, 3.05) is 0 Å². The largest absolute Gasteiger partial charge is 0.389 e. The van der Waals surface area contributed by atoms with E-state index in [-0.39, 0.29) is 12.1 Å². The Hall–Kier alpha value is -1.80. The molecule has 0 fully saturated rings. The molecular weight excluding hydrogens is 221 g/mol. The molecule has 5 heteroatoms. The molecule has 90 valence electrons. The van der Waals surface area contributed by atoms with Gasteiger partial charge in [0.2, 0.25) is 0 Å². The van der Waals surface area contributed by atoms with Crippen LogP contribution in [-0.2, 0) is 6.54 Å². The molecule has 0 aliphatic carbocycles. The van der Waals surface area contributed by atoms with Crippen LogP contribution in [0.4, 0.5) is 4.39 Å². The Balaban J connectivity index is 2.58. The van der Waals surface area contributed by atoms with Gasteiger partial charge in [0, 0.05) is 0 Å². The Labute approximate surface area is 98.3 Å². The van der Waals surface area contributed by atoms with Crippen molar-refractivity contribution in [1.29, 1.82) is 5.26 Å². The summed E-state index contributed by atoms with van der Waals surface area (Å²) in [6.07, 6.45) is 0. The van der Waals surface area contributed by atoms with Gasteiger partial charge in [0.1, 0.15) is 23.0 Å². The van der Waals surface area contributed by atoms with Crippen molar-refractivity contribution in [3.05, 3.63) is 23.0 Å². The van der Waals surface area contributed by atoms with Crippen molar-refractivity contribution in [2.24, 2.45) is 0 Å². The van der Waals surface area contributed by atoms with Crippen LogP contribution in [0.2, 0.25) is 0 Å². The average Bonchev–Trinajstić information content (AvgIpc) is 2.19. The predicted octanol–water partition coefficient (Wildman–Crippen LogP) is 2.06. The lowest BCUT2D eigenvalue weighted by Crippen LogP contribution is -2.29. The molecule has 2 aromatic rings. The monoisotopic (exact) mass is 235 g/mol. The number of fused-ring (bicyclic) bond motifs is 1. The number of hydrogen-bond donors (Lipinski definition) is 2. The number of nitrogens with zero attached hydrogens (tertiary/aromatic N) is 2. The Morgan fingerprint density at radius 3 is 2.76 bits per heavy atom. The van der Waals surface area contributed by atoms with E-state index in [0.717, 1.165) is 5.52 Å². The first-order valence-corrected chi connectivity index (χ1v) is 5.33. The first kappa shape index (κ1) is 11.7. The van der Waals surface area contributed by atoms with Crippen LogP contribution < -0.4 is 0 Å². The quantitative estimate of drug-likeness (QED) is 0.836. The highest BCUT2D eigenvalue weighted by Gasteiger charge is 2.21. The molecular formula is C12H14FN3O. The van der Waals surface area contributed by atoms with Crippen molar-refractivity contribution < 1.29 is 9.50 Å². The SMILES string of the molecule is Cc1cc2[nH]n(CC(C)(C)O)c2c(C#N)c1F. The smallest absolute Gasteiger partial charge is 0.146 e. The fourth-order valence-corrected chi connectivity index (χ4v) is 1.91. The molecule has 1 aromatic carbocycles. The number of benzene rings is 1. The lowest BCUT2D eigenvalue weighted by atomic mass is 10.1. The summed E-state index contributed by atoms with van der Waals surface area (Å²) in [4.78, 5) is 0. The van der Waals surface area contributed by atoms with E-state index >= 15 is 0 Å². The second-order valence-electron chi connectivity index (χ2n) is 4.90. The van der Waals surface area contributed by atoms with E-state index in [1.165, 1.54) is 0 Å². The highest BCUT2D eigenvalue weighted by molar-refractivity contribution is 5.84. The normalized spacial score (nSPS) is 12.0. The minimum Gasteiger partial charge on any atom is -0.389 e. The molecule has 0 aliphatic rings. The Kier molecular flexibility index (Phi) is 2.48. The summed E-state index contributed by atoms with van der Waals surface area (Å²) < 4.78 is 15.3. The van der Waals surface area contributed by atoms with E-state index in [9.17, 15) is 9.50 Å². The van der Waals surface area contributed by atoms with Gasteiger partial charge in [-0.25, -0.2) is 4.39 Å². The van der Waals surface area contributed by atoms with E-state index in [1.807, 2.05) is 6.07 Å². The Morgan fingerprint density at radius 2 is 2.24 bits per heavy atom. The summed E-state index contributed by atoms with van der Waals surface area (Å²) in [6, 6.07) is 3.53. The third kappa shape index (κ3) is 1.92. The van der Waals surface area contributed by atoms with Crippen LogP contribution in [0, 0.1) is 24.1 Å². The van der Waals surface area contributed by atoms with Gasteiger partial charge < -0.3 is 5.11 Å². The number of nitriles is 1. The van der Waals surface area contributed by atoms with Crippen LogP contribution in [0.25, 0.3) is 11.0 Å².